The summed E-state index contributed by atoms with van der Waals surface area (Å²) >= 11 is 0. The maximum absolute atomic E-state index is 12.8. The van der Waals surface area contributed by atoms with Gasteiger partial charge in [0.25, 0.3) is 0 Å². The van der Waals surface area contributed by atoms with Crippen LogP contribution in [0.4, 0.5) is 13.2 Å². The Morgan fingerprint density at radius 3 is 2.34 bits per heavy atom. The van der Waals surface area contributed by atoms with Crippen molar-refractivity contribution >= 4 is 15.9 Å². The van der Waals surface area contributed by atoms with Gasteiger partial charge < -0.3 is 14.8 Å². The number of sulfonamides is 1. The van der Waals surface area contributed by atoms with Gasteiger partial charge in [0, 0.05) is 6.54 Å². The number of halogens is 3. The standard InChI is InChI=1S/C21H25F3N2O5S/c1-3-30-18-9-8-15(12-19(18)31-4-2)10-11-25-20(27)14-26-32(28,29)17-7-5-6-16(13-17)21(22,23)24/h5-9,12-13,26H,3-4,10-11,14H2,1-2H3,(H,25,27). The normalized spacial score (nSPS) is 11.8. The molecule has 0 spiro atoms. The summed E-state index contributed by atoms with van der Waals surface area (Å²) in [6.07, 6.45) is -4.22. The van der Waals surface area contributed by atoms with Gasteiger partial charge in [-0.05, 0) is 56.2 Å². The molecule has 0 aliphatic rings. The lowest BCUT2D eigenvalue weighted by Crippen LogP contribution is -2.37. The van der Waals surface area contributed by atoms with Gasteiger partial charge in [-0.15, -0.1) is 0 Å². The van der Waals surface area contributed by atoms with Crippen molar-refractivity contribution in [3.63, 3.8) is 0 Å². The number of nitrogens with one attached hydrogen (secondary N) is 2. The summed E-state index contributed by atoms with van der Waals surface area (Å²) in [5.41, 5.74) is -0.214. The predicted molar refractivity (Wildman–Crippen MR) is 112 cm³/mol. The van der Waals surface area contributed by atoms with Crippen molar-refractivity contribution in [3.05, 3.63) is 53.6 Å². The van der Waals surface area contributed by atoms with Gasteiger partial charge in [-0.3, -0.25) is 4.79 Å². The summed E-state index contributed by atoms with van der Waals surface area (Å²) in [4.78, 5) is 11.4. The molecule has 2 aromatic rings. The maximum atomic E-state index is 12.8. The zero-order valence-corrected chi connectivity index (χ0v) is 18.5. The molecule has 1 amide bonds. The van der Waals surface area contributed by atoms with Gasteiger partial charge in [-0.25, -0.2) is 13.1 Å². The smallest absolute Gasteiger partial charge is 0.416 e. The van der Waals surface area contributed by atoms with Crippen molar-refractivity contribution < 1.29 is 35.9 Å². The van der Waals surface area contributed by atoms with Gasteiger partial charge >= 0.3 is 6.18 Å². The Bertz CT molecular complexity index is 1030. The Hall–Kier alpha value is -2.79. The van der Waals surface area contributed by atoms with E-state index in [2.05, 4.69) is 5.32 Å². The van der Waals surface area contributed by atoms with E-state index in [1.54, 1.807) is 12.1 Å². The summed E-state index contributed by atoms with van der Waals surface area (Å²) in [6, 6.07) is 8.70. The molecular weight excluding hydrogens is 449 g/mol. The van der Waals surface area contributed by atoms with E-state index in [1.165, 1.54) is 0 Å². The van der Waals surface area contributed by atoms with Crippen LogP contribution in [-0.4, -0.2) is 40.6 Å². The number of rotatable bonds is 11. The first-order chi connectivity index (χ1) is 15.1. The number of benzene rings is 2. The summed E-state index contributed by atoms with van der Waals surface area (Å²) in [7, 11) is -4.28. The number of alkyl halides is 3. The lowest BCUT2D eigenvalue weighted by molar-refractivity contribution is -0.137. The van der Waals surface area contributed by atoms with Crippen molar-refractivity contribution in [2.45, 2.75) is 31.3 Å². The fourth-order valence-corrected chi connectivity index (χ4v) is 3.77. The van der Waals surface area contributed by atoms with Crippen LogP contribution in [0.15, 0.2) is 47.4 Å². The van der Waals surface area contributed by atoms with E-state index in [1.807, 2.05) is 24.6 Å². The minimum Gasteiger partial charge on any atom is -0.490 e. The lowest BCUT2D eigenvalue weighted by atomic mass is 10.1. The minimum atomic E-state index is -4.67. The molecule has 0 saturated heterocycles. The molecule has 0 heterocycles. The molecule has 7 nitrogen and oxygen atoms in total. The van der Waals surface area contributed by atoms with Gasteiger partial charge in [0.1, 0.15) is 0 Å². The summed E-state index contributed by atoms with van der Waals surface area (Å²) < 4.78 is 75.8. The van der Waals surface area contributed by atoms with E-state index in [4.69, 9.17) is 9.47 Å². The number of ether oxygens (including phenoxy) is 2. The topological polar surface area (TPSA) is 93.7 Å². The molecule has 2 rings (SSSR count). The van der Waals surface area contributed by atoms with Gasteiger partial charge in [0.15, 0.2) is 11.5 Å². The highest BCUT2D eigenvalue weighted by Gasteiger charge is 2.31. The summed E-state index contributed by atoms with van der Waals surface area (Å²) in [6.45, 7) is 4.29. The van der Waals surface area contributed by atoms with Crippen LogP contribution in [0.1, 0.15) is 25.0 Å². The molecule has 176 valence electrons. The van der Waals surface area contributed by atoms with Crippen LogP contribution in [0.5, 0.6) is 11.5 Å². The molecule has 0 fully saturated rings. The average molecular weight is 475 g/mol. The third-order valence-corrected chi connectivity index (χ3v) is 5.64. The van der Waals surface area contributed by atoms with Crippen LogP contribution < -0.4 is 19.5 Å². The second-order valence-corrected chi connectivity index (χ2v) is 8.36. The fraction of sp³-hybridized carbons (Fsp3) is 0.381. The van der Waals surface area contributed by atoms with Crippen LogP contribution in [0, 0.1) is 0 Å². The molecule has 0 aliphatic carbocycles. The van der Waals surface area contributed by atoms with Crippen molar-refractivity contribution in [1.82, 2.24) is 10.0 Å². The first-order valence-electron chi connectivity index (χ1n) is 9.89. The molecule has 2 aromatic carbocycles. The van der Waals surface area contributed by atoms with Gasteiger partial charge in [-0.1, -0.05) is 12.1 Å². The predicted octanol–water partition coefficient (Wildman–Crippen LogP) is 3.14. The molecule has 11 heteroatoms. The number of carbonyl (C=O) groups excluding carboxylic acids is 1. The molecule has 0 unspecified atom stereocenters. The number of hydrogen-bond donors (Lipinski definition) is 2. The first-order valence-corrected chi connectivity index (χ1v) is 11.4. The van der Waals surface area contributed by atoms with E-state index in [0.717, 1.165) is 23.8 Å². The van der Waals surface area contributed by atoms with E-state index in [-0.39, 0.29) is 6.54 Å². The minimum absolute atomic E-state index is 0.226. The van der Waals surface area contributed by atoms with Crippen molar-refractivity contribution in [1.29, 1.82) is 0 Å². The molecule has 0 aromatic heterocycles. The molecule has 0 atom stereocenters. The third-order valence-electron chi connectivity index (χ3n) is 4.24. The van der Waals surface area contributed by atoms with Crippen LogP contribution in [0.25, 0.3) is 0 Å². The SMILES string of the molecule is CCOc1ccc(CCNC(=O)CNS(=O)(=O)c2cccc(C(F)(F)F)c2)cc1OCC. The largest absolute Gasteiger partial charge is 0.490 e. The van der Waals surface area contributed by atoms with Crippen LogP contribution in [-0.2, 0) is 27.4 Å². The van der Waals surface area contributed by atoms with Gasteiger partial charge in [0.2, 0.25) is 15.9 Å². The van der Waals surface area contributed by atoms with Gasteiger partial charge in [0.05, 0.1) is 30.2 Å². The van der Waals surface area contributed by atoms with Crippen LogP contribution in [0.2, 0.25) is 0 Å². The number of hydrogen-bond acceptors (Lipinski definition) is 5. The molecular formula is C21H25F3N2O5S. The van der Waals surface area contributed by atoms with Gasteiger partial charge in [-0.2, -0.15) is 13.2 Å². The van der Waals surface area contributed by atoms with E-state index in [9.17, 15) is 26.4 Å². The molecule has 0 saturated carbocycles. The number of amides is 1. The van der Waals surface area contributed by atoms with E-state index >= 15 is 0 Å². The van der Waals surface area contributed by atoms with Crippen LogP contribution >= 0.6 is 0 Å². The zero-order valence-electron chi connectivity index (χ0n) is 17.7. The molecule has 0 bridgehead atoms. The molecule has 2 N–H and O–H groups in total. The lowest BCUT2D eigenvalue weighted by Gasteiger charge is -2.13. The Kier molecular flexibility index (Phi) is 8.90. The van der Waals surface area contributed by atoms with Crippen LogP contribution in [0.3, 0.4) is 0 Å². The van der Waals surface area contributed by atoms with E-state index < -0.39 is 39.1 Å². The highest BCUT2D eigenvalue weighted by atomic mass is 32.2. The Morgan fingerprint density at radius 2 is 1.69 bits per heavy atom. The first kappa shape index (κ1) is 25.5. The highest BCUT2D eigenvalue weighted by molar-refractivity contribution is 7.89. The van der Waals surface area contributed by atoms with Crippen molar-refractivity contribution in [2.24, 2.45) is 0 Å². The Balaban J connectivity index is 1.89. The summed E-state index contributed by atoms with van der Waals surface area (Å²) in [5.74, 6) is 0.592. The molecule has 32 heavy (non-hydrogen) atoms. The Morgan fingerprint density at radius 1 is 1.00 bits per heavy atom. The highest BCUT2D eigenvalue weighted by Crippen LogP contribution is 2.30. The fourth-order valence-electron chi connectivity index (χ4n) is 2.74. The monoisotopic (exact) mass is 474 g/mol. The third kappa shape index (κ3) is 7.41. The second kappa shape index (κ2) is 11.2. The second-order valence-electron chi connectivity index (χ2n) is 6.60. The number of carbonyl (C=O) groups is 1. The molecule has 0 radical (unpaired) electrons. The zero-order chi connectivity index (χ0) is 23.8. The van der Waals surface area contributed by atoms with Crippen molar-refractivity contribution in [3.8, 4) is 11.5 Å². The maximum Gasteiger partial charge on any atom is 0.416 e. The quantitative estimate of drug-likeness (QED) is 0.522. The van der Waals surface area contributed by atoms with Crippen molar-refractivity contribution in [2.75, 3.05) is 26.3 Å². The molecule has 0 aliphatic heterocycles. The Labute approximate surface area is 185 Å². The van der Waals surface area contributed by atoms with E-state index in [0.29, 0.717) is 37.2 Å². The average Bonchev–Trinajstić information content (AvgIpc) is 2.74. The summed E-state index contributed by atoms with van der Waals surface area (Å²) in [5, 5.41) is 2.56.